The molecule has 104 valence electrons. The summed E-state index contributed by atoms with van der Waals surface area (Å²) in [5.41, 5.74) is 1.33. The summed E-state index contributed by atoms with van der Waals surface area (Å²) in [7, 11) is -0.929. The van der Waals surface area contributed by atoms with Crippen LogP contribution in [0.5, 0.6) is 0 Å². The second kappa shape index (κ2) is 6.66. The minimum absolute atomic E-state index is 0.0261. The molecule has 0 amide bonds. The van der Waals surface area contributed by atoms with Gasteiger partial charge >= 0.3 is 13.6 Å². The largest absolute Gasteiger partial charge is 0.478 e. The van der Waals surface area contributed by atoms with Gasteiger partial charge in [-0.2, -0.15) is 0 Å². The molecule has 0 bridgehead atoms. The summed E-state index contributed by atoms with van der Waals surface area (Å²) in [6.45, 7) is 1.68. The minimum atomic E-state index is -3.40. The Kier molecular flexibility index (Phi) is 5.48. The summed E-state index contributed by atoms with van der Waals surface area (Å²) < 4.78 is 21.6. The van der Waals surface area contributed by atoms with Crippen molar-refractivity contribution in [3.63, 3.8) is 0 Å². The molecule has 0 aromatic heterocycles. The number of carboxylic acids is 1. The zero-order valence-corrected chi connectivity index (χ0v) is 12.0. The first-order valence-corrected chi connectivity index (χ1v) is 7.35. The van der Waals surface area contributed by atoms with Crippen molar-refractivity contribution in [1.82, 2.24) is 0 Å². The molecule has 0 aliphatic carbocycles. The highest BCUT2D eigenvalue weighted by Gasteiger charge is 2.27. The van der Waals surface area contributed by atoms with Crippen molar-refractivity contribution in [3.05, 3.63) is 41.5 Å². The summed E-state index contributed by atoms with van der Waals surface area (Å²) in [5, 5.41) is 9.27. The van der Waals surface area contributed by atoms with Gasteiger partial charge in [0.15, 0.2) is 0 Å². The van der Waals surface area contributed by atoms with Gasteiger partial charge in [-0.15, -0.1) is 0 Å². The molecule has 19 heavy (non-hydrogen) atoms. The van der Waals surface area contributed by atoms with E-state index in [4.69, 9.17) is 9.05 Å². The van der Waals surface area contributed by atoms with Crippen molar-refractivity contribution >= 4 is 19.1 Å². The number of hydrogen-bond donors (Lipinski definition) is 1. The lowest BCUT2D eigenvalue weighted by molar-refractivity contribution is -0.132. The Labute approximate surface area is 112 Å². The third-order valence-corrected chi connectivity index (χ3v) is 4.64. The Bertz CT molecular complexity index is 513. The van der Waals surface area contributed by atoms with Gasteiger partial charge in [0.2, 0.25) is 0 Å². The Morgan fingerprint density at radius 3 is 2.16 bits per heavy atom. The predicted molar refractivity (Wildman–Crippen MR) is 73.2 cm³/mol. The number of rotatable bonds is 6. The first-order chi connectivity index (χ1) is 8.93. The van der Waals surface area contributed by atoms with Gasteiger partial charge in [-0.05, 0) is 18.1 Å². The van der Waals surface area contributed by atoms with Gasteiger partial charge in [0.1, 0.15) is 0 Å². The zero-order valence-electron chi connectivity index (χ0n) is 11.1. The number of benzene rings is 1. The van der Waals surface area contributed by atoms with Gasteiger partial charge in [0.25, 0.3) is 0 Å². The molecule has 0 aliphatic heterocycles. The van der Waals surface area contributed by atoms with Gasteiger partial charge in [-0.3, -0.25) is 4.57 Å². The fourth-order valence-electron chi connectivity index (χ4n) is 1.61. The monoisotopic (exact) mass is 284 g/mol. The lowest BCUT2D eigenvalue weighted by atomic mass is 10.0. The standard InChI is InChI=1S/C13H17O5P/c1-10(11-7-5-4-6-8-11)12(13(14)15)9-19(16,17-2)18-3/h4-8H,9H2,1-3H3,(H,14,15)/b12-10+. The maximum atomic E-state index is 12.1. The molecular formula is C13H17O5P. The van der Waals surface area contributed by atoms with Crippen molar-refractivity contribution in [2.24, 2.45) is 0 Å². The van der Waals surface area contributed by atoms with Crippen LogP contribution in [0.4, 0.5) is 0 Å². The van der Waals surface area contributed by atoms with Gasteiger partial charge in [-0.1, -0.05) is 30.3 Å². The van der Waals surface area contributed by atoms with Crippen LogP contribution in [0, 0.1) is 0 Å². The molecule has 0 fully saturated rings. The molecule has 0 unspecified atom stereocenters. The van der Waals surface area contributed by atoms with Gasteiger partial charge in [-0.25, -0.2) is 4.79 Å². The Hall–Kier alpha value is -1.42. The van der Waals surface area contributed by atoms with E-state index in [-0.39, 0.29) is 11.7 Å². The molecule has 0 saturated heterocycles. The van der Waals surface area contributed by atoms with E-state index in [1.807, 2.05) is 18.2 Å². The number of carboxylic acid groups (broad SMARTS) is 1. The summed E-state index contributed by atoms with van der Waals surface area (Å²) in [6, 6.07) is 9.05. The highest BCUT2D eigenvalue weighted by Crippen LogP contribution is 2.48. The van der Waals surface area contributed by atoms with Crippen LogP contribution in [0.3, 0.4) is 0 Å². The van der Waals surface area contributed by atoms with Crippen LogP contribution in [0.25, 0.3) is 5.57 Å². The molecule has 0 radical (unpaired) electrons. The normalized spacial score (nSPS) is 13.0. The molecule has 0 spiro atoms. The second-order valence-electron chi connectivity index (χ2n) is 3.91. The fraction of sp³-hybridized carbons (Fsp3) is 0.308. The Morgan fingerprint density at radius 2 is 1.74 bits per heavy atom. The van der Waals surface area contributed by atoms with E-state index in [0.717, 1.165) is 5.56 Å². The molecule has 0 heterocycles. The van der Waals surface area contributed by atoms with E-state index in [1.165, 1.54) is 14.2 Å². The molecule has 5 nitrogen and oxygen atoms in total. The lowest BCUT2D eigenvalue weighted by Gasteiger charge is -2.15. The first kappa shape index (κ1) is 15.6. The molecule has 1 aromatic carbocycles. The summed E-state index contributed by atoms with van der Waals surface area (Å²) in [6.07, 6.45) is -0.268. The van der Waals surface area contributed by atoms with E-state index in [0.29, 0.717) is 5.57 Å². The van der Waals surface area contributed by atoms with Gasteiger partial charge < -0.3 is 14.2 Å². The van der Waals surface area contributed by atoms with Crippen LogP contribution in [-0.4, -0.2) is 31.5 Å². The quantitative estimate of drug-likeness (QED) is 0.642. The second-order valence-corrected chi connectivity index (χ2v) is 6.18. The van der Waals surface area contributed by atoms with Crippen LogP contribution < -0.4 is 0 Å². The van der Waals surface area contributed by atoms with E-state index in [2.05, 4.69) is 0 Å². The van der Waals surface area contributed by atoms with Crippen molar-refractivity contribution in [2.75, 3.05) is 20.4 Å². The van der Waals surface area contributed by atoms with E-state index in [9.17, 15) is 14.5 Å². The fourth-order valence-corrected chi connectivity index (χ4v) is 2.77. The number of aliphatic carboxylic acids is 1. The van der Waals surface area contributed by atoms with Crippen molar-refractivity contribution in [3.8, 4) is 0 Å². The molecule has 0 atom stereocenters. The summed E-state index contributed by atoms with van der Waals surface area (Å²) in [5.74, 6) is -1.13. The lowest BCUT2D eigenvalue weighted by Crippen LogP contribution is -2.10. The topological polar surface area (TPSA) is 72.8 Å². The van der Waals surface area contributed by atoms with Gasteiger partial charge in [0, 0.05) is 14.2 Å². The number of carbonyl (C=O) groups is 1. The average Bonchev–Trinajstić information content (AvgIpc) is 2.44. The average molecular weight is 284 g/mol. The number of hydrogen-bond acceptors (Lipinski definition) is 4. The molecule has 1 rings (SSSR count). The number of allylic oxidation sites excluding steroid dienone is 1. The molecular weight excluding hydrogens is 267 g/mol. The predicted octanol–water partition coefficient (Wildman–Crippen LogP) is 3.03. The third kappa shape index (κ3) is 4.03. The van der Waals surface area contributed by atoms with E-state index < -0.39 is 13.6 Å². The molecule has 0 saturated carbocycles. The third-order valence-electron chi connectivity index (χ3n) is 2.83. The van der Waals surface area contributed by atoms with Crippen molar-refractivity contribution in [2.45, 2.75) is 6.92 Å². The molecule has 0 aliphatic rings. The SMILES string of the molecule is COP(=O)(C/C(C(=O)O)=C(/C)c1ccccc1)OC. The molecule has 1 N–H and O–H groups in total. The van der Waals surface area contributed by atoms with Crippen LogP contribution >= 0.6 is 7.60 Å². The van der Waals surface area contributed by atoms with Crippen LogP contribution in [0.15, 0.2) is 35.9 Å². The van der Waals surface area contributed by atoms with Crippen LogP contribution in [0.2, 0.25) is 0 Å². The highest BCUT2D eigenvalue weighted by molar-refractivity contribution is 7.54. The maximum absolute atomic E-state index is 12.1. The van der Waals surface area contributed by atoms with Crippen molar-refractivity contribution in [1.29, 1.82) is 0 Å². The maximum Gasteiger partial charge on any atom is 0.334 e. The summed E-state index contributed by atoms with van der Waals surface area (Å²) in [4.78, 5) is 11.3. The molecule has 6 heteroatoms. The summed E-state index contributed by atoms with van der Waals surface area (Å²) >= 11 is 0. The Balaban J connectivity index is 3.21. The van der Waals surface area contributed by atoms with Crippen LogP contribution in [-0.2, 0) is 18.4 Å². The highest BCUT2D eigenvalue weighted by atomic mass is 31.2. The van der Waals surface area contributed by atoms with Crippen LogP contribution in [0.1, 0.15) is 12.5 Å². The van der Waals surface area contributed by atoms with E-state index in [1.54, 1.807) is 19.1 Å². The smallest absolute Gasteiger partial charge is 0.334 e. The Morgan fingerprint density at radius 1 is 1.21 bits per heavy atom. The van der Waals surface area contributed by atoms with E-state index >= 15 is 0 Å². The van der Waals surface area contributed by atoms with Gasteiger partial charge in [0.05, 0.1) is 11.7 Å². The zero-order chi connectivity index (χ0) is 14.5. The molecule has 1 aromatic rings. The van der Waals surface area contributed by atoms with Crippen molar-refractivity contribution < 1.29 is 23.5 Å². The minimum Gasteiger partial charge on any atom is -0.478 e. The first-order valence-electron chi connectivity index (χ1n) is 5.62.